The normalized spacial score (nSPS) is 10.5. The zero-order valence-corrected chi connectivity index (χ0v) is 8.74. The highest BCUT2D eigenvalue weighted by Gasteiger charge is 2.02. The molecule has 76 valence electrons. The van der Waals surface area contributed by atoms with Gasteiger partial charge in [0.25, 0.3) is 0 Å². The van der Waals surface area contributed by atoms with Crippen molar-refractivity contribution < 1.29 is 0 Å². The zero-order chi connectivity index (χ0) is 10.7. The predicted octanol–water partition coefficient (Wildman–Crippen LogP) is 3.20. The summed E-state index contributed by atoms with van der Waals surface area (Å²) in [6, 6.07) is 14.7. The summed E-state index contributed by atoms with van der Waals surface area (Å²) in [7, 11) is 0. The minimum absolute atomic E-state index is 0.655. The monoisotopic (exact) mass is 197 g/mol. The molecule has 0 aliphatic heterocycles. The van der Waals surface area contributed by atoms with E-state index in [4.69, 9.17) is 5.73 Å². The average molecular weight is 197 g/mol. The fourth-order valence-corrected chi connectivity index (χ4v) is 1.84. The summed E-state index contributed by atoms with van der Waals surface area (Å²) in [6.07, 6.45) is 0.855. The zero-order valence-electron chi connectivity index (χ0n) is 8.74. The molecular formula is C14H15N. The molecule has 1 heteroatoms. The lowest BCUT2D eigenvalue weighted by Crippen LogP contribution is -1.99. The van der Waals surface area contributed by atoms with Crippen molar-refractivity contribution in [3.63, 3.8) is 0 Å². The van der Waals surface area contributed by atoms with Crippen LogP contribution in [0.15, 0.2) is 49.0 Å². The molecular weight excluding hydrogens is 182 g/mol. The first-order chi connectivity index (χ1) is 7.33. The fourth-order valence-electron chi connectivity index (χ4n) is 1.84. The number of benzene rings is 2. The number of rotatable bonds is 3. The predicted molar refractivity (Wildman–Crippen MR) is 66.7 cm³/mol. The Morgan fingerprint density at radius 1 is 1.07 bits per heavy atom. The smallest absolute Gasteiger partial charge is 0.00367 e. The van der Waals surface area contributed by atoms with Gasteiger partial charge in [-0.1, -0.05) is 49.0 Å². The van der Waals surface area contributed by atoms with E-state index in [1.54, 1.807) is 0 Å². The summed E-state index contributed by atoms with van der Waals surface area (Å²) in [5.41, 5.74) is 7.89. The molecule has 2 aromatic carbocycles. The maximum Gasteiger partial charge on any atom is -0.00367 e. The molecule has 0 amide bonds. The SMILES string of the molecule is C=C(CCN)c1cccc2ccccc12. The number of nitrogens with two attached hydrogens (primary N) is 1. The van der Waals surface area contributed by atoms with Crippen LogP contribution in [-0.4, -0.2) is 6.54 Å². The molecule has 2 aromatic rings. The maximum absolute atomic E-state index is 5.55. The van der Waals surface area contributed by atoms with E-state index >= 15 is 0 Å². The van der Waals surface area contributed by atoms with Crippen molar-refractivity contribution in [2.45, 2.75) is 6.42 Å². The van der Waals surface area contributed by atoms with Crippen LogP contribution < -0.4 is 5.73 Å². The molecule has 0 aliphatic carbocycles. The molecule has 0 aromatic heterocycles. The van der Waals surface area contributed by atoms with Crippen molar-refractivity contribution in [3.05, 3.63) is 54.6 Å². The summed E-state index contributed by atoms with van der Waals surface area (Å²) < 4.78 is 0. The van der Waals surface area contributed by atoms with Gasteiger partial charge in [0.1, 0.15) is 0 Å². The Morgan fingerprint density at radius 2 is 1.80 bits per heavy atom. The number of hydrogen-bond acceptors (Lipinski definition) is 1. The van der Waals surface area contributed by atoms with Gasteiger partial charge in [-0.15, -0.1) is 0 Å². The lowest BCUT2D eigenvalue weighted by Gasteiger charge is -2.08. The summed E-state index contributed by atoms with van der Waals surface area (Å²) >= 11 is 0. The van der Waals surface area contributed by atoms with Crippen molar-refractivity contribution in [1.29, 1.82) is 0 Å². The van der Waals surface area contributed by atoms with Gasteiger partial charge in [0.15, 0.2) is 0 Å². The second-order valence-electron chi connectivity index (χ2n) is 3.67. The molecule has 2 N–H and O–H groups in total. The van der Waals surface area contributed by atoms with Crippen LogP contribution in [0.25, 0.3) is 16.3 Å². The van der Waals surface area contributed by atoms with Crippen LogP contribution in [-0.2, 0) is 0 Å². The standard InChI is InChI=1S/C14H15N/c1-11(9-10-15)13-8-4-6-12-5-2-3-7-14(12)13/h2-8H,1,9-10,15H2. The quantitative estimate of drug-likeness (QED) is 0.803. The third-order valence-electron chi connectivity index (χ3n) is 2.62. The van der Waals surface area contributed by atoms with Gasteiger partial charge >= 0.3 is 0 Å². The third-order valence-corrected chi connectivity index (χ3v) is 2.62. The van der Waals surface area contributed by atoms with Gasteiger partial charge in [-0.05, 0) is 34.9 Å². The van der Waals surface area contributed by atoms with Crippen molar-refractivity contribution in [3.8, 4) is 0 Å². The second kappa shape index (κ2) is 4.28. The van der Waals surface area contributed by atoms with Crippen molar-refractivity contribution in [2.24, 2.45) is 5.73 Å². The molecule has 0 aliphatic rings. The van der Waals surface area contributed by atoms with Gasteiger partial charge < -0.3 is 5.73 Å². The van der Waals surface area contributed by atoms with Crippen LogP contribution >= 0.6 is 0 Å². The summed E-state index contributed by atoms with van der Waals surface area (Å²) in [5, 5.41) is 2.52. The van der Waals surface area contributed by atoms with Gasteiger partial charge in [0.2, 0.25) is 0 Å². The molecule has 2 rings (SSSR count). The Kier molecular flexibility index (Phi) is 2.84. The van der Waals surface area contributed by atoms with E-state index in [0.717, 1.165) is 12.0 Å². The highest BCUT2D eigenvalue weighted by molar-refractivity contribution is 5.93. The summed E-state index contributed by atoms with van der Waals surface area (Å²) in [6.45, 7) is 4.74. The van der Waals surface area contributed by atoms with E-state index in [-0.39, 0.29) is 0 Å². The lowest BCUT2D eigenvalue weighted by atomic mass is 9.97. The van der Waals surface area contributed by atoms with Crippen LogP contribution in [0.3, 0.4) is 0 Å². The first kappa shape index (κ1) is 9.94. The Bertz CT molecular complexity index is 480. The molecule has 0 atom stereocenters. The number of hydrogen-bond donors (Lipinski definition) is 1. The summed E-state index contributed by atoms with van der Waals surface area (Å²) in [5.74, 6) is 0. The van der Waals surface area contributed by atoms with Crippen LogP contribution in [0.1, 0.15) is 12.0 Å². The molecule has 0 saturated carbocycles. The molecule has 0 fully saturated rings. The molecule has 0 unspecified atom stereocenters. The van der Waals surface area contributed by atoms with E-state index < -0.39 is 0 Å². The number of fused-ring (bicyclic) bond motifs is 1. The largest absolute Gasteiger partial charge is 0.330 e. The lowest BCUT2D eigenvalue weighted by molar-refractivity contribution is 1.03. The topological polar surface area (TPSA) is 26.0 Å². The van der Waals surface area contributed by atoms with E-state index in [0.29, 0.717) is 6.54 Å². The third kappa shape index (κ3) is 1.92. The van der Waals surface area contributed by atoms with Crippen LogP contribution in [0, 0.1) is 0 Å². The Labute approximate surface area is 90.2 Å². The average Bonchev–Trinajstić information content (AvgIpc) is 2.28. The second-order valence-corrected chi connectivity index (χ2v) is 3.67. The molecule has 0 heterocycles. The van der Waals surface area contributed by atoms with Gasteiger partial charge in [-0.2, -0.15) is 0 Å². The molecule has 0 spiro atoms. The molecule has 0 saturated heterocycles. The Balaban J connectivity index is 2.56. The molecule has 0 radical (unpaired) electrons. The first-order valence-electron chi connectivity index (χ1n) is 5.19. The van der Waals surface area contributed by atoms with Crippen LogP contribution in [0.2, 0.25) is 0 Å². The fraction of sp³-hybridized carbons (Fsp3) is 0.143. The van der Waals surface area contributed by atoms with Gasteiger partial charge in [0.05, 0.1) is 0 Å². The van der Waals surface area contributed by atoms with Gasteiger partial charge in [-0.3, -0.25) is 0 Å². The van der Waals surface area contributed by atoms with Gasteiger partial charge in [0, 0.05) is 0 Å². The van der Waals surface area contributed by atoms with E-state index in [9.17, 15) is 0 Å². The molecule has 0 bridgehead atoms. The first-order valence-corrected chi connectivity index (χ1v) is 5.19. The van der Waals surface area contributed by atoms with Crippen molar-refractivity contribution >= 4 is 16.3 Å². The van der Waals surface area contributed by atoms with Crippen molar-refractivity contribution in [1.82, 2.24) is 0 Å². The van der Waals surface area contributed by atoms with E-state index in [1.165, 1.54) is 16.3 Å². The van der Waals surface area contributed by atoms with Crippen molar-refractivity contribution in [2.75, 3.05) is 6.54 Å². The van der Waals surface area contributed by atoms with Gasteiger partial charge in [-0.25, -0.2) is 0 Å². The van der Waals surface area contributed by atoms with E-state index in [2.05, 4.69) is 49.0 Å². The molecule has 15 heavy (non-hydrogen) atoms. The van der Waals surface area contributed by atoms with Crippen LogP contribution in [0.4, 0.5) is 0 Å². The molecule has 1 nitrogen and oxygen atoms in total. The van der Waals surface area contributed by atoms with Crippen LogP contribution in [0.5, 0.6) is 0 Å². The van der Waals surface area contributed by atoms with E-state index in [1.807, 2.05) is 0 Å². The summed E-state index contributed by atoms with van der Waals surface area (Å²) in [4.78, 5) is 0. The highest BCUT2D eigenvalue weighted by Crippen LogP contribution is 2.25. The minimum atomic E-state index is 0.655. The Morgan fingerprint density at radius 3 is 2.60 bits per heavy atom. The Hall–Kier alpha value is -1.60. The highest BCUT2D eigenvalue weighted by atomic mass is 14.5. The maximum atomic E-state index is 5.55. The minimum Gasteiger partial charge on any atom is -0.330 e.